The first-order valence-corrected chi connectivity index (χ1v) is 7.91. The quantitative estimate of drug-likeness (QED) is 0.815. The van der Waals surface area contributed by atoms with Crippen molar-refractivity contribution < 1.29 is 19.1 Å². The van der Waals surface area contributed by atoms with Crippen molar-refractivity contribution in [1.82, 2.24) is 0 Å². The molecule has 19 heavy (non-hydrogen) atoms. The molecule has 0 amide bonds. The van der Waals surface area contributed by atoms with Crippen LogP contribution in [0.25, 0.3) is 0 Å². The molecule has 0 saturated carbocycles. The van der Waals surface area contributed by atoms with Crippen LogP contribution in [0.5, 0.6) is 0 Å². The SMILES string of the molecule is CC(C)(C(=O)CP(=O)(O)O)C(C)(C)c1ccccc1. The Kier molecular flexibility index (Phi) is 4.40. The van der Waals surface area contributed by atoms with Crippen LogP contribution in [0.4, 0.5) is 0 Å². The molecule has 0 atom stereocenters. The van der Waals surface area contributed by atoms with Crippen LogP contribution in [0.1, 0.15) is 33.3 Å². The molecule has 106 valence electrons. The van der Waals surface area contributed by atoms with E-state index in [4.69, 9.17) is 9.79 Å². The fourth-order valence-corrected chi connectivity index (χ4v) is 2.72. The summed E-state index contributed by atoms with van der Waals surface area (Å²) in [5.74, 6) is -0.422. The van der Waals surface area contributed by atoms with Gasteiger partial charge in [0.15, 0.2) is 5.78 Å². The van der Waals surface area contributed by atoms with Crippen molar-refractivity contribution in [3.63, 3.8) is 0 Å². The van der Waals surface area contributed by atoms with Crippen LogP contribution >= 0.6 is 7.60 Å². The number of hydrogen-bond donors (Lipinski definition) is 2. The molecule has 1 aromatic rings. The normalized spacial score (nSPS) is 13.4. The van der Waals surface area contributed by atoms with Crippen LogP contribution in [0, 0.1) is 5.41 Å². The smallest absolute Gasteiger partial charge is 0.324 e. The highest BCUT2D eigenvalue weighted by Crippen LogP contribution is 2.45. The molecule has 2 N–H and O–H groups in total. The molecule has 4 nitrogen and oxygen atoms in total. The van der Waals surface area contributed by atoms with E-state index in [1.807, 2.05) is 44.2 Å². The van der Waals surface area contributed by atoms with E-state index in [0.717, 1.165) is 5.56 Å². The van der Waals surface area contributed by atoms with Gasteiger partial charge in [-0.1, -0.05) is 58.0 Å². The summed E-state index contributed by atoms with van der Waals surface area (Å²) in [6.07, 6.45) is -0.712. The summed E-state index contributed by atoms with van der Waals surface area (Å²) >= 11 is 0. The Bertz CT molecular complexity index is 499. The lowest BCUT2D eigenvalue weighted by Crippen LogP contribution is -2.44. The number of benzene rings is 1. The summed E-state index contributed by atoms with van der Waals surface area (Å²) in [4.78, 5) is 30.2. The molecule has 1 rings (SSSR count). The first-order chi connectivity index (χ1) is 8.48. The Morgan fingerprint density at radius 3 is 2.00 bits per heavy atom. The van der Waals surface area contributed by atoms with Crippen LogP contribution in [0.15, 0.2) is 30.3 Å². The zero-order chi connectivity index (χ0) is 14.9. The number of carbonyl (C=O) groups excluding carboxylic acids is 1. The largest absolute Gasteiger partial charge is 0.332 e. The number of carbonyl (C=O) groups is 1. The van der Waals surface area contributed by atoms with Crippen molar-refractivity contribution in [1.29, 1.82) is 0 Å². The topological polar surface area (TPSA) is 74.6 Å². The molecule has 5 heteroatoms. The van der Waals surface area contributed by atoms with Gasteiger partial charge in [0.25, 0.3) is 0 Å². The second-order valence-corrected chi connectivity index (χ2v) is 7.51. The molecule has 0 spiro atoms. The Labute approximate surface area is 114 Å². The van der Waals surface area contributed by atoms with Crippen LogP contribution < -0.4 is 0 Å². The maximum atomic E-state index is 12.2. The molecule has 0 bridgehead atoms. The molecule has 0 aliphatic heterocycles. The minimum atomic E-state index is -4.33. The van der Waals surface area contributed by atoms with Crippen LogP contribution in [-0.4, -0.2) is 21.7 Å². The van der Waals surface area contributed by atoms with E-state index in [1.165, 1.54) is 0 Å². The van der Waals surface area contributed by atoms with Gasteiger partial charge in [0.05, 0.1) is 0 Å². The molecule has 0 radical (unpaired) electrons. The summed E-state index contributed by atoms with van der Waals surface area (Å²) in [6.45, 7) is 7.30. The van der Waals surface area contributed by atoms with Gasteiger partial charge in [0.2, 0.25) is 0 Å². The van der Waals surface area contributed by atoms with Gasteiger partial charge in [-0.2, -0.15) is 0 Å². The zero-order valence-corrected chi connectivity index (χ0v) is 12.6. The average Bonchev–Trinajstić information content (AvgIpc) is 2.27. The maximum Gasteiger partial charge on any atom is 0.332 e. The number of hydrogen-bond acceptors (Lipinski definition) is 2. The number of Topliss-reactive ketones (excluding diaryl/α,β-unsaturated/α-hetero) is 1. The van der Waals surface area contributed by atoms with Gasteiger partial charge in [0, 0.05) is 10.8 Å². The summed E-state index contributed by atoms with van der Waals surface area (Å²) < 4.78 is 11.0. The van der Waals surface area contributed by atoms with Crippen molar-refractivity contribution in [3.05, 3.63) is 35.9 Å². The number of ketones is 1. The molecular formula is C14H21O4P. The van der Waals surface area contributed by atoms with Gasteiger partial charge >= 0.3 is 7.60 Å². The fourth-order valence-electron chi connectivity index (χ4n) is 1.95. The first kappa shape index (κ1) is 16.1. The first-order valence-electron chi connectivity index (χ1n) is 6.12. The summed E-state index contributed by atoms with van der Waals surface area (Å²) in [5, 5.41) is 0. The lowest BCUT2D eigenvalue weighted by Gasteiger charge is -2.41. The predicted molar refractivity (Wildman–Crippen MR) is 75.2 cm³/mol. The Balaban J connectivity index is 3.11. The average molecular weight is 284 g/mol. The molecule has 0 unspecified atom stereocenters. The second-order valence-electron chi connectivity index (χ2n) is 5.86. The van der Waals surface area contributed by atoms with E-state index < -0.39 is 30.4 Å². The second kappa shape index (κ2) is 5.20. The van der Waals surface area contributed by atoms with Gasteiger partial charge in [-0.15, -0.1) is 0 Å². The van der Waals surface area contributed by atoms with E-state index in [0.29, 0.717) is 0 Å². The van der Waals surface area contributed by atoms with Crippen LogP contribution in [0.2, 0.25) is 0 Å². The molecule has 1 aromatic carbocycles. The minimum absolute atomic E-state index is 0.422. The standard InChI is InChI=1S/C14H21O4P/c1-13(2,11-8-6-5-7-9-11)14(3,4)12(15)10-19(16,17)18/h5-9H,10H2,1-4H3,(H2,16,17,18). The van der Waals surface area contributed by atoms with Crippen LogP contribution in [0.3, 0.4) is 0 Å². The van der Waals surface area contributed by atoms with Gasteiger partial charge in [-0.05, 0) is 5.56 Å². The van der Waals surface area contributed by atoms with Crippen LogP contribution in [-0.2, 0) is 14.8 Å². The molecule has 0 heterocycles. The van der Waals surface area contributed by atoms with Gasteiger partial charge in [0.1, 0.15) is 6.16 Å². The van der Waals surface area contributed by atoms with E-state index in [-0.39, 0.29) is 0 Å². The third-order valence-electron chi connectivity index (χ3n) is 4.10. The van der Waals surface area contributed by atoms with E-state index in [9.17, 15) is 9.36 Å². The van der Waals surface area contributed by atoms with Gasteiger partial charge < -0.3 is 9.79 Å². The van der Waals surface area contributed by atoms with Crippen molar-refractivity contribution >= 4 is 13.4 Å². The molecule has 0 fully saturated rings. The molecule has 0 aliphatic carbocycles. The monoisotopic (exact) mass is 284 g/mol. The van der Waals surface area contributed by atoms with Gasteiger partial charge in [-0.3, -0.25) is 9.36 Å². The van der Waals surface area contributed by atoms with Crippen molar-refractivity contribution in [2.24, 2.45) is 5.41 Å². The maximum absolute atomic E-state index is 12.2. The van der Waals surface area contributed by atoms with Gasteiger partial charge in [-0.25, -0.2) is 0 Å². The van der Waals surface area contributed by atoms with Crippen molar-refractivity contribution in [3.8, 4) is 0 Å². The fraction of sp³-hybridized carbons (Fsp3) is 0.500. The molecule has 0 aliphatic rings. The molecule has 0 aromatic heterocycles. The predicted octanol–water partition coefficient (Wildman–Crippen LogP) is 2.74. The van der Waals surface area contributed by atoms with E-state index >= 15 is 0 Å². The summed E-state index contributed by atoms with van der Waals surface area (Å²) in [7, 11) is -4.33. The molecule has 0 saturated heterocycles. The van der Waals surface area contributed by atoms with Crippen molar-refractivity contribution in [2.75, 3.05) is 6.16 Å². The zero-order valence-electron chi connectivity index (χ0n) is 11.8. The third-order valence-corrected chi connectivity index (χ3v) is 4.80. The highest BCUT2D eigenvalue weighted by molar-refractivity contribution is 7.52. The minimum Gasteiger partial charge on any atom is -0.324 e. The van der Waals surface area contributed by atoms with E-state index in [2.05, 4.69) is 0 Å². The van der Waals surface area contributed by atoms with Crippen molar-refractivity contribution in [2.45, 2.75) is 33.1 Å². The highest BCUT2D eigenvalue weighted by Gasteiger charge is 2.45. The Morgan fingerprint density at radius 2 is 1.58 bits per heavy atom. The Hall–Kier alpha value is -0.960. The van der Waals surface area contributed by atoms with E-state index in [1.54, 1.807) is 13.8 Å². The summed E-state index contributed by atoms with van der Waals surface area (Å²) in [6, 6.07) is 9.52. The Morgan fingerprint density at radius 1 is 1.11 bits per heavy atom. The third kappa shape index (κ3) is 3.53. The summed E-state index contributed by atoms with van der Waals surface area (Å²) in [5.41, 5.74) is -0.408. The highest BCUT2D eigenvalue weighted by atomic mass is 31.2. The number of rotatable bonds is 5. The lowest BCUT2D eigenvalue weighted by atomic mass is 9.62. The lowest BCUT2D eigenvalue weighted by molar-refractivity contribution is -0.127. The molecular weight excluding hydrogens is 263 g/mol.